The molecule has 0 saturated carbocycles. The highest BCUT2D eigenvalue weighted by molar-refractivity contribution is 7.17. The van der Waals surface area contributed by atoms with Crippen molar-refractivity contribution in [1.82, 2.24) is 4.98 Å². The van der Waals surface area contributed by atoms with E-state index in [0.717, 1.165) is 11.1 Å². The summed E-state index contributed by atoms with van der Waals surface area (Å²) in [5.74, 6) is -2.21. The zero-order chi connectivity index (χ0) is 27.7. The molecule has 1 atom stereocenters. The van der Waals surface area contributed by atoms with E-state index in [1.165, 1.54) is 16.2 Å². The number of nitrogens with zero attached hydrogens (tertiary/aromatic N) is 2. The summed E-state index contributed by atoms with van der Waals surface area (Å²) in [5, 5.41) is 11.8. The Bertz CT molecular complexity index is 1610. The number of anilines is 1. The van der Waals surface area contributed by atoms with Crippen molar-refractivity contribution < 1.29 is 24.2 Å². The number of hydrogen-bond acceptors (Lipinski definition) is 7. The third-order valence-corrected chi connectivity index (χ3v) is 7.82. The highest BCUT2D eigenvalue weighted by Gasteiger charge is 2.45. The third-order valence-electron chi connectivity index (χ3n) is 6.62. The molecule has 39 heavy (non-hydrogen) atoms. The van der Waals surface area contributed by atoms with Crippen molar-refractivity contribution in [1.29, 1.82) is 0 Å². The molecule has 0 spiro atoms. The topological polar surface area (TPSA) is 96.8 Å². The van der Waals surface area contributed by atoms with Gasteiger partial charge in [-0.2, -0.15) is 0 Å². The van der Waals surface area contributed by atoms with Crippen LogP contribution in [0.25, 0.3) is 10.6 Å². The number of aryl methyl sites for hydroxylation is 2. The highest BCUT2D eigenvalue weighted by Crippen LogP contribution is 2.44. The van der Waals surface area contributed by atoms with Crippen LogP contribution >= 0.6 is 11.3 Å². The molecule has 0 saturated heterocycles. The second-order valence-corrected chi connectivity index (χ2v) is 10.1. The number of amides is 1. The van der Waals surface area contributed by atoms with Crippen molar-refractivity contribution in [2.45, 2.75) is 26.8 Å². The number of ketones is 1. The lowest BCUT2D eigenvalue weighted by Gasteiger charge is -2.28. The van der Waals surface area contributed by atoms with Gasteiger partial charge in [0.05, 0.1) is 34.4 Å². The van der Waals surface area contributed by atoms with Crippen LogP contribution in [0.5, 0.6) is 0 Å². The van der Waals surface area contributed by atoms with Gasteiger partial charge in [-0.25, -0.2) is 9.78 Å². The lowest BCUT2D eigenvalue weighted by atomic mass is 9.92. The van der Waals surface area contributed by atoms with Crippen LogP contribution in [0.3, 0.4) is 0 Å². The van der Waals surface area contributed by atoms with Crippen molar-refractivity contribution in [3.8, 4) is 10.6 Å². The SMILES string of the molecule is CCOC(=O)c1ccc(N2C(=O)C(O)=C(C(=O)c3sc(-c4ccccc4)nc3C)C2c2ccccc2C)cc1. The summed E-state index contributed by atoms with van der Waals surface area (Å²) in [6.45, 7) is 5.61. The molecular weight excluding hydrogens is 512 g/mol. The van der Waals surface area contributed by atoms with Gasteiger partial charge >= 0.3 is 5.97 Å². The van der Waals surface area contributed by atoms with Gasteiger partial charge in [-0.3, -0.25) is 14.5 Å². The number of esters is 1. The van der Waals surface area contributed by atoms with Crippen LogP contribution in [0.2, 0.25) is 0 Å². The smallest absolute Gasteiger partial charge is 0.338 e. The Morgan fingerprint density at radius 3 is 2.31 bits per heavy atom. The molecule has 1 aliphatic heterocycles. The molecule has 196 valence electrons. The largest absolute Gasteiger partial charge is 0.503 e. The Labute approximate surface area is 230 Å². The molecule has 1 unspecified atom stereocenters. The zero-order valence-electron chi connectivity index (χ0n) is 21.7. The van der Waals surface area contributed by atoms with Crippen LogP contribution in [0, 0.1) is 13.8 Å². The first-order chi connectivity index (χ1) is 18.8. The van der Waals surface area contributed by atoms with Crippen LogP contribution in [-0.4, -0.2) is 34.4 Å². The summed E-state index contributed by atoms with van der Waals surface area (Å²) < 4.78 is 5.06. The number of Topliss-reactive ketones (excluding diaryl/α,β-unsaturated/α-hetero) is 1. The minimum Gasteiger partial charge on any atom is -0.503 e. The molecule has 3 aromatic carbocycles. The van der Waals surface area contributed by atoms with E-state index in [-0.39, 0.29) is 12.2 Å². The van der Waals surface area contributed by atoms with E-state index in [9.17, 15) is 19.5 Å². The maximum atomic E-state index is 14.1. The van der Waals surface area contributed by atoms with E-state index < -0.39 is 29.5 Å². The Balaban J connectivity index is 1.60. The number of aliphatic hydroxyl groups excluding tert-OH is 1. The minimum absolute atomic E-state index is 0.00451. The van der Waals surface area contributed by atoms with Gasteiger partial charge in [0, 0.05) is 11.3 Å². The Hall–Kier alpha value is -4.56. The molecule has 4 aromatic rings. The number of aliphatic hydroxyl groups is 1. The molecule has 0 radical (unpaired) electrons. The number of ether oxygens (including phenoxy) is 1. The predicted octanol–water partition coefficient (Wildman–Crippen LogP) is 6.39. The van der Waals surface area contributed by atoms with E-state index >= 15 is 0 Å². The van der Waals surface area contributed by atoms with Crippen LogP contribution in [0.15, 0.2) is 90.2 Å². The summed E-state index contributed by atoms with van der Waals surface area (Å²) in [6, 6.07) is 22.5. The van der Waals surface area contributed by atoms with Crippen LogP contribution in [0.1, 0.15) is 49.8 Å². The monoisotopic (exact) mass is 538 g/mol. The molecule has 0 fully saturated rings. The van der Waals surface area contributed by atoms with Crippen LogP contribution < -0.4 is 4.90 Å². The van der Waals surface area contributed by atoms with E-state index in [0.29, 0.717) is 32.4 Å². The van der Waals surface area contributed by atoms with Crippen molar-refractivity contribution in [2.75, 3.05) is 11.5 Å². The maximum absolute atomic E-state index is 14.1. The molecule has 7 nitrogen and oxygen atoms in total. The lowest BCUT2D eigenvalue weighted by molar-refractivity contribution is -0.117. The molecule has 0 aliphatic carbocycles. The number of carbonyl (C=O) groups excluding carboxylic acids is 3. The first kappa shape index (κ1) is 26.1. The molecule has 5 rings (SSSR count). The highest BCUT2D eigenvalue weighted by atomic mass is 32.1. The zero-order valence-corrected chi connectivity index (χ0v) is 22.5. The summed E-state index contributed by atoms with van der Waals surface area (Å²) in [6.07, 6.45) is 0. The molecular formula is C31H26N2O5S. The molecule has 1 aliphatic rings. The fourth-order valence-electron chi connectivity index (χ4n) is 4.70. The summed E-state index contributed by atoms with van der Waals surface area (Å²) >= 11 is 1.23. The van der Waals surface area contributed by atoms with Gasteiger partial charge in [0.1, 0.15) is 5.01 Å². The van der Waals surface area contributed by atoms with Crippen molar-refractivity contribution in [3.63, 3.8) is 0 Å². The van der Waals surface area contributed by atoms with Crippen molar-refractivity contribution >= 4 is 34.7 Å². The quantitative estimate of drug-likeness (QED) is 0.216. The second-order valence-electron chi connectivity index (χ2n) is 9.09. The van der Waals surface area contributed by atoms with Crippen LogP contribution in [0.4, 0.5) is 5.69 Å². The molecule has 2 heterocycles. The molecule has 1 N–H and O–H groups in total. The summed E-state index contributed by atoms with van der Waals surface area (Å²) in [7, 11) is 0. The standard InChI is InChI=1S/C31H26N2O5S/c1-4-38-31(37)21-14-16-22(17-15-21)33-25(23-13-9-8-10-18(23)2)24(27(35)30(33)36)26(34)28-19(3)32-29(39-28)20-11-6-5-7-12-20/h5-17,25,35H,4H2,1-3H3. The van der Waals surface area contributed by atoms with Gasteiger partial charge in [0.2, 0.25) is 5.78 Å². The minimum atomic E-state index is -0.874. The first-order valence-electron chi connectivity index (χ1n) is 12.5. The van der Waals surface area contributed by atoms with Gasteiger partial charge in [0.25, 0.3) is 5.91 Å². The number of benzene rings is 3. The normalized spacial score (nSPS) is 15.1. The lowest BCUT2D eigenvalue weighted by Crippen LogP contribution is -2.31. The number of aromatic nitrogens is 1. The Morgan fingerprint density at radius 2 is 1.64 bits per heavy atom. The van der Waals surface area contributed by atoms with Gasteiger partial charge in [-0.15, -0.1) is 11.3 Å². The average molecular weight is 539 g/mol. The van der Waals surface area contributed by atoms with E-state index in [1.807, 2.05) is 61.5 Å². The predicted molar refractivity (Wildman–Crippen MR) is 150 cm³/mol. The number of rotatable bonds is 7. The van der Waals surface area contributed by atoms with Gasteiger partial charge < -0.3 is 9.84 Å². The van der Waals surface area contributed by atoms with Crippen molar-refractivity contribution in [3.05, 3.63) is 117 Å². The fraction of sp³-hybridized carbons (Fsp3) is 0.161. The molecule has 1 aromatic heterocycles. The molecule has 0 bridgehead atoms. The third kappa shape index (κ3) is 4.75. The number of carbonyl (C=O) groups is 3. The summed E-state index contributed by atoms with van der Waals surface area (Å²) in [4.78, 5) is 46.1. The van der Waals surface area contributed by atoms with E-state index in [1.54, 1.807) is 38.1 Å². The Kier molecular flexibility index (Phi) is 7.13. The van der Waals surface area contributed by atoms with E-state index in [4.69, 9.17) is 4.74 Å². The molecule has 1 amide bonds. The fourth-order valence-corrected chi connectivity index (χ4v) is 5.72. The van der Waals surface area contributed by atoms with Crippen molar-refractivity contribution in [2.24, 2.45) is 0 Å². The first-order valence-corrected chi connectivity index (χ1v) is 13.3. The van der Waals surface area contributed by atoms with Gasteiger partial charge in [-0.05, 0) is 56.2 Å². The molecule has 8 heteroatoms. The van der Waals surface area contributed by atoms with Gasteiger partial charge in [0.15, 0.2) is 5.76 Å². The number of hydrogen-bond donors (Lipinski definition) is 1. The summed E-state index contributed by atoms with van der Waals surface area (Å²) in [5.41, 5.74) is 3.73. The maximum Gasteiger partial charge on any atom is 0.338 e. The van der Waals surface area contributed by atoms with E-state index in [2.05, 4.69) is 4.98 Å². The van der Waals surface area contributed by atoms with Gasteiger partial charge in [-0.1, -0.05) is 54.6 Å². The number of thiazole rings is 1. The second kappa shape index (κ2) is 10.7. The average Bonchev–Trinajstić information content (AvgIpc) is 3.46. The van der Waals surface area contributed by atoms with Crippen LogP contribution in [-0.2, 0) is 9.53 Å². The Morgan fingerprint density at radius 1 is 0.974 bits per heavy atom.